The summed E-state index contributed by atoms with van der Waals surface area (Å²) in [5.74, 6) is -2.47. The molecule has 0 saturated heterocycles. The number of hydrogen-bond donors (Lipinski definition) is 2. The second-order valence-corrected chi connectivity index (χ2v) is 3.20. The number of ether oxygens (including phenoxy) is 1. The molecule has 0 aliphatic heterocycles. The zero-order chi connectivity index (χ0) is 13.7. The summed E-state index contributed by atoms with van der Waals surface area (Å²) in [5.41, 5.74) is 0. The fraction of sp³-hybridized carbons (Fsp3) is 0.333. The zero-order valence-corrected chi connectivity index (χ0v) is 9.28. The maximum atomic E-state index is 11.4. The van der Waals surface area contributed by atoms with Gasteiger partial charge in [-0.15, -0.1) is 0 Å². The van der Waals surface area contributed by atoms with Crippen molar-refractivity contribution in [1.29, 1.82) is 0 Å². The lowest BCUT2D eigenvalue weighted by Gasteiger charge is -2.11. The molecule has 18 heavy (non-hydrogen) atoms. The highest BCUT2D eigenvalue weighted by atomic mass is 16.6. The van der Waals surface area contributed by atoms with Crippen LogP contribution in [0.3, 0.4) is 0 Å². The van der Waals surface area contributed by atoms with E-state index in [0.29, 0.717) is 0 Å². The third-order valence-corrected chi connectivity index (χ3v) is 1.91. The van der Waals surface area contributed by atoms with E-state index in [9.17, 15) is 19.7 Å². The summed E-state index contributed by atoms with van der Waals surface area (Å²) in [6, 6.07) is 2.37. The fourth-order valence-corrected chi connectivity index (χ4v) is 1.14. The van der Waals surface area contributed by atoms with Crippen LogP contribution in [0.25, 0.3) is 0 Å². The number of rotatable bonds is 6. The van der Waals surface area contributed by atoms with Gasteiger partial charge in [0.1, 0.15) is 10.7 Å². The van der Waals surface area contributed by atoms with Crippen LogP contribution < -0.4 is 5.32 Å². The van der Waals surface area contributed by atoms with Crippen LogP contribution in [0.5, 0.6) is 0 Å². The van der Waals surface area contributed by atoms with E-state index in [1.165, 1.54) is 6.07 Å². The number of nitrogens with one attached hydrogen (secondary N) is 1. The van der Waals surface area contributed by atoms with Gasteiger partial charge in [0.25, 0.3) is 0 Å². The number of carboxylic acids is 1. The Labute approximate surface area is 100 Å². The van der Waals surface area contributed by atoms with E-state index in [1.54, 1.807) is 0 Å². The predicted molar refractivity (Wildman–Crippen MR) is 55.6 cm³/mol. The minimum absolute atomic E-state index is 0.0550. The summed E-state index contributed by atoms with van der Waals surface area (Å²) in [6.07, 6.45) is -1.79. The Hall–Kier alpha value is -2.42. The number of methoxy groups -OCH3 is 1. The van der Waals surface area contributed by atoms with Gasteiger partial charge in [0.2, 0.25) is 12.1 Å². The molecule has 0 fully saturated rings. The van der Waals surface area contributed by atoms with Crippen molar-refractivity contribution in [1.82, 2.24) is 5.32 Å². The maximum absolute atomic E-state index is 11.4. The molecule has 0 aliphatic rings. The number of hydrogen-bond acceptors (Lipinski definition) is 6. The summed E-state index contributed by atoms with van der Waals surface area (Å²) < 4.78 is 9.24. The van der Waals surface area contributed by atoms with Crippen molar-refractivity contribution in [2.45, 2.75) is 12.6 Å². The summed E-state index contributed by atoms with van der Waals surface area (Å²) >= 11 is 0. The number of amides is 1. The number of carboxylic acid groups (broad SMARTS) is 1. The van der Waals surface area contributed by atoms with Crippen LogP contribution in [0, 0.1) is 10.1 Å². The van der Waals surface area contributed by atoms with Crippen LogP contribution in [-0.4, -0.2) is 35.2 Å². The molecule has 0 saturated carbocycles. The van der Waals surface area contributed by atoms with Gasteiger partial charge < -0.3 is 19.6 Å². The normalized spacial score (nSPS) is 11.8. The van der Waals surface area contributed by atoms with E-state index >= 15 is 0 Å². The first-order chi connectivity index (χ1) is 8.43. The topological polar surface area (TPSA) is 132 Å². The fourth-order valence-electron chi connectivity index (χ4n) is 1.14. The molecule has 1 amide bonds. The van der Waals surface area contributed by atoms with Gasteiger partial charge in [-0.2, -0.15) is 0 Å². The first-order valence-electron chi connectivity index (χ1n) is 4.72. The molecule has 9 nitrogen and oxygen atoms in total. The third kappa shape index (κ3) is 3.56. The van der Waals surface area contributed by atoms with E-state index in [1.807, 2.05) is 0 Å². The Morgan fingerprint density at radius 3 is 2.72 bits per heavy atom. The lowest BCUT2D eigenvalue weighted by atomic mass is 10.3. The number of carbonyl (C=O) groups excluding carboxylic acids is 1. The lowest BCUT2D eigenvalue weighted by Crippen LogP contribution is -2.42. The van der Waals surface area contributed by atoms with Crippen molar-refractivity contribution >= 4 is 17.8 Å². The second kappa shape index (κ2) is 5.77. The minimum atomic E-state index is -1.47. The Morgan fingerprint density at radius 1 is 1.61 bits per heavy atom. The molecule has 0 radical (unpaired) electrons. The molecule has 1 aromatic rings. The Balaban J connectivity index is 2.58. The highest BCUT2D eigenvalue weighted by Crippen LogP contribution is 2.15. The summed E-state index contributed by atoms with van der Waals surface area (Å²) in [5, 5.41) is 21.0. The Bertz CT molecular complexity index is 467. The van der Waals surface area contributed by atoms with Crippen LogP contribution in [0.4, 0.5) is 5.88 Å². The molecule has 1 heterocycles. The van der Waals surface area contributed by atoms with E-state index in [2.05, 4.69) is 10.1 Å². The van der Waals surface area contributed by atoms with Crippen molar-refractivity contribution in [2.24, 2.45) is 0 Å². The van der Waals surface area contributed by atoms with Crippen molar-refractivity contribution in [3.63, 3.8) is 0 Å². The van der Waals surface area contributed by atoms with Gasteiger partial charge in [-0.1, -0.05) is 0 Å². The molecule has 0 bridgehead atoms. The Morgan fingerprint density at radius 2 is 2.28 bits per heavy atom. The van der Waals surface area contributed by atoms with Crippen LogP contribution in [0.1, 0.15) is 5.76 Å². The standard InChI is InChI=1S/C9H10N2O7/c1-17-8(9(13)14)10-6(12)4-5-2-3-7(18-5)11(15)16/h2-3,8H,4H2,1H3,(H,10,12)(H,13,14). The van der Waals surface area contributed by atoms with Crippen molar-refractivity contribution in [3.05, 3.63) is 28.0 Å². The smallest absolute Gasteiger partial charge is 0.433 e. The third-order valence-electron chi connectivity index (χ3n) is 1.91. The number of furan rings is 1. The number of nitro groups is 1. The number of aliphatic carboxylic acids is 1. The van der Waals surface area contributed by atoms with Crippen LogP contribution >= 0.6 is 0 Å². The van der Waals surface area contributed by atoms with Crippen molar-refractivity contribution in [2.75, 3.05) is 7.11 Å². The molecule has 0 aliphatic carbocycles. The van der Waals surface area contributed by atoms with E-state index < -0.39 is 28.9 Å². The van der Waals surface area contributed by atoms with Gasteiger partial charge in [0.05, 0.1) is 12.5 Å². The molecule has 1 rings (SSSR count). The molecule has 9 heteroatoms. The van der Waals surface area contributed by atoms with Gasteiger partial charge in [0, 0.05) is 7.11 Å². The molecular weight excluding hydrogens is 248 g/mol. The molecule has 2 N–H and O–H groups in total. The molecule has 1 atom stereocenters. The molecule has 0 aromatic carbocycles. The molecule has 1 aromatic heterocycles. The second-order valence-electron chi connectivity index (χ2n) is 3.20. The molecular formula is C9H10N2O7. The quantitative estimate of drug-likeness (QED) is 0.413. The van der Waals surface area contributed by atoms with Gasteiger partial charge in [0.15, 0.2) is 0 Å². The van der Waals surface area contributed by atoms with Gasteiger partial charge in [-0.3, -0.25) is 14.9 Å². The van der Waals surface area contributed by atoms with Crippen LogP contribution in [0.2, 0.25) is 0 Å². The highest BCUT2D eigenvalue weighted by Gasteiger charge is 2.20. The molecule has 0 spiro atoms. The average Bonchev–Trinajstić information content (AvgIpc) is 2.74. The average molecular weight is 258 g/mol. The first kappa shape index (κ1) is 13.6. The summed E-state index contributed by atoms with van der Waals surface area (Å²) in [7, 11) is 1.12. The van der Waals surface area contributed by atoms with Crippen LogP contribution in [-0.2, 0) is 20.7 Å². The SMILES string of the molecule is COC(NC(=O)Cc1ccc([N+](=O)[O-])o1)C(=O)O. The molecule has 98 valence electrons. The number of carbonyl (C=O) groups is 2. The largest absolute Gasteiger partial charge is 0.478 e. The number of nitrogens with zero attached hydrogens (tertiary/aromatic N) is 1. The Kier molecular flexibility index (Phi) is 4.38. The maximum Gasteiger partial charge on any atom is 0.433 e. The summed E-state index contributed by atoms with van der Waals surface area (Å²) in [6.45, 7) is 0. The predicted octanol–water partition coefficient (Wildman–Crippen LogP) is -0.0964. The monoisotopic (exact) mass is 258 g/mol. The van der Waals surface area contributed by atoms with Gasteiger partial charge in [-0.05, 0) is 6.07 Å². The van der Waals surface area contributed by atoms with Crippen molar-refractivity contribution < 1.29 is 28.8 Å². The first-order valence-corrected chi connectivity index (χ1v) is 4.72. The van der Waals surface area contributed by atoms with E-state index in [0.717, 1.165) is 13.2 Å². The molecule has 1 unspecified atom stereocenters. The lowest BCUT2D eigenvalue weighted by molar-refractivity contribution is -0.402. The van der Waals surface area contributed by atoms with Gasteiger partial charge >= 0.3 is 11.9 Å². The van der Waals surface area contributed by atoms with E-state index in [-0.39, 0.29) is 12.2 Å². The highest BCUT2D eigenvalue weighted by molar-refractivity contribution is 5.83. The van der Waals surface area contributed by atoms with Crippen LogP contribution in [0.15, 0.2) is 16.5 Å². The van der Waals surface area contributed by atoms with Crippen molar-refractivity contribution in [3.8, 4) is 0 Å². The van der Waals surface area contributed by atoms with Gasteiger partial charge in [-0.25, -0.2) is 4.79 Å². The minimum Gasteiger partial charge on any atom is -0.478 e. The zero-order valence-electron chi connectivity index (χ0n) is 9.28. The summed E-state index contributed by atoms with van der Waals surface area (Å²) in [4.78, 5) is 31.5. The van der Waals surface area contributed by atoms with E-state index in [4.69, 9.17) is 9.52 Å².